The molecule has 1 aromatic rings. The van der Waals surface area contributed by atoms with E-state index in [1.165, 1.54) is 19.5 Å². The lowest BCUT2D eigenvalue weighted by atomic mass is 10.4. The number of rotatable bonds is 3. The van der Waals surface area contributed by atoms with E-state index in [0.29, 0.717) is 0 Å². The molecule has 15 heavy (non-hydrogen) atoms. The van der Waals surface area contributed by atoms with Crippen molar-refractivity contribution >= 4 is 5.97 Å². The number of hydrogen-bond donors (Lipinski definition) is 0. The van der Waals surface area contributed by atoms with Crippen molar-refractivity contribution in [1.29, 1.82) is 0 Å². The summed E-state index contributed by atoms with van der Waals surface area (Å²) in [5, 5.41) is 0. The van der Waals surface area contributed by atoms with Crippen molar-refractivity contribution in [3.8, 4) is 0 Å². The highest BCUT2D eigenvalue weighted by molar-refractivity contribution is 5.69. The van der Waals surface area contributed by atoms with Crippen LogP contribution in [0.15, 0.2) is 12.4 Å². The number of esters is 1. The average Bonchev–Trinajstić information content (AvgIpc) is 2.50. The van der Waals surface area contributed by atoms with Crippen LogP contribution in [0.1, 0.15) is 5.82 Å². The van der Waals surface area contributed by atoms with E-state index in [-0.39, 0.29) is 12.4 Å². The number of halogens is 3. The number of carbonyl (C=O) groups excluding carboxylic acids is 1. The molecule has 84 valence electrons. The highest BCUT2D eigenvalue weighted by atomic mass is 19.4. The largest absolute Gasteiger partial charge is 0.468 e. The third-order valence-electron chi connectivity index (χ3n) is 1.69. The number of aromatic nitrogens is 2. The number of methoxy groups -OCH3 is 1. The Kier molecular flexibility index (Phi) is 3.33. The molecule has 0 aliphatic rings. The molecule has 0 fully saturated rings. The molecular weight excluding hydrogens is 213 g/mol. The summed E-state index contributed by atoms with van der Waals surface area (Å²) < 4.78 is 41.6. The van der Waals surface area contributed by atoms with Crippen LogP contribution in [0, 0.1) is 0 Å². The highest BCUT2D eigenvalue weighted by Crippen LogP contribution is 2.20. The molecule has 1 aromatic heterocycles. The molecule has 0 unspecified atom stereocenters. The van der Waals surface area contributed by atoms with E-state index in [0.717, 1.165) is 4.57 Å². The fourth-order valence-electron chi connectivity index (χ4n) is 1.03. The van der Waals surface area contributed by atoms with Gasteiger partial charge in [0.2, 0.25) is 0 Å². The summed E-state index contributed by atoms with van der Waals surface area (Å²) in [6, 6.07) is 0. The van der Waals surface area contributed by atoms with Gasteiger partial charge in [0.25, 0.3) is 0 Å². The SMILES string of the molecule is COC(=O)Cn1ccnc1CC(F)(F)F. The van der Waals surface area contributed by atoms with E-state index in [4.69, 9.17) is 0 Å². The van der Waals surface area contributed by atoms with Gasteiger partial charge in [0.05, 0.1) is 7.11 Å². The normalized spacial score (nSPS) is 11.5. The van der Waals surface area contributed by atoms with Crippen LogP contribution in [0.5, 0.6) is 0 Å². The number of hydrogen-bond acceptors (Lipinski definition) is 3. The third kappa shape index (κ3) is 3.61. The monoisotopic (exact) mass is 222 g/mol. The predicted octanol–water partition coefficient (Wildman–Crippen LogP) is 1.16. The van der Waals surface area contributed by atoms with Gasteiger partial charge >= 0.3 is 12.1 Å². The maximum Gasteiger partial charge on any atom is 0.396 e. The zero-order valence-corrected chi connectivity index (χ0v) is 7.91. The number of imidazole rings is 1. The van der Waals surface area contributed by atoms with Crippen LogP contribution in [0.4, 0.5) is 13.2 Å². The van der Waals surface area contributed by atoms with Crippen molar-refractivity contribution in [3.63, 3.8) is 0 Å². The molecule has 0 N–H and O–H groups in total. The summed E-state index contributed by atoms with van der Waals surface area (Å²) in [5.74, 6) is -0.815. The smallest absolute Gasteiger partial charge is 0.396 e. The zero-order valence-electron chi connectivity index (χ0n) is 7.91. The molecule has 0 radical (unpaired) electrons. The van der Waals surface area contributed by atoms with Gasteiger partial charge in [-0.05, 0) is 0 Å². The number of ether oxygens (including phenoxy) is 1. The van der Waals surface area contributed by atoms with Crippen LogP contribution in [0.3, 0.4) is 0 Å². The lowest BCUT2D eigenvalue weighted by Crippen LogP contribution is -2.19. The van der Waals surface area contributed by atoms with Crippen LogP contribution in [0.2, 0.25) is 0 Å². The van der Waals surface area contributed by atoms with E-state index in [1.54, 1.807) is 0 Å². The Morgan fingerprint density at radius 1 is 1.60 bits per heavy atom. The Bertz CT molecular complexity index is 346. The van der Waals surface area contributed by atoms with Crippen LogP contribution in [-0.4, -0.2) is 28.8 Å². The first-order valence-corrected chi connectivity index (χ1v) is 4.06. The standard InChI is InChI=1S/C8H9F3N2O2/c1-15-7(14)5-13-3-2-12-6(13)4-8(9,10)11/h2-3H,4-5H2,1H3. The van der Waals surface area contributed by atoms with Gasteiger partial charge < -0.3 is 9.30 Å². The van der Waals surface area contributed by atoms with Gasteiger partial charge in [-0.25, -0.2) is 4.98 Å². The minimum Gasteiger partial charge on any atom is -0.468 e. The summed E-state index contributed by atoms with van der Waals surface area (Å²) in [6.07, 6.45) is -2.97. The minimum atomic E-state index is -4.33. The highest BCUT2D eigenvalue weighted by Gasteiger charge is 2.30. The molecule has 4 nitrogen and oxygen atoms in total. The van der Waals surface area contributed by atoms with Crippen LogP contribution >= 0.6 is 0 Å². The quantitative estimate of drug-likeness (QED) is 0.721. The Labute approximate surface area is 83.7 Å². The maximum absolute atomic E-state index is 12.0. The van der Waals surface area contributed by atoms with Gasteiger partial charge in [-0.3, -0.25) is 4.79 Å². The van der Waals surface area contributed by atoms with Crippen LogP contribution in [-0.2, 0) is 22.5 Å². The van der Waals surface area contributed by atoms with E-state index >= 15 is 0 Å². The van der Waals surface area contributed by atoms with E-state index < -0.39 is 18.6 Å². The molecule has 0 aromatic carbocycles. The minimum absolute atomic E-state index is 0.201. The number of nitrogens with zero attached hydrogens (tertiary/aromatic N) is 2. The Balaban J connectivity index is 2.74. The van der Waals surface area contributed by atoms with Crippen molar-refractivity contribution in [3.05, 3.63) is 18.2 Å². The molecule has 0 amide bonds. The van der Waals surface area contributed by atoms with Gasteiger partial charge in [0, 0.05) is 12.4 Å². The zero-order chi connectivity index (χ0) is 11.5. The molecule has 0 saturated carbocycles. The first kappa shape index (κ1) is 11.5. The second kappa shape index (κ2) is 4.33. The molecule has 1 rings (SSSR count). The van der Waals surface area contributed by atoms with Crippen molar-refractivity contribution < 1.29 is 22.7 Å². The Morgan fingerprint density at radius 2 is 2.27 bits per heavy atom. The predicted molar refractivity (Wildman–Crippen MR) is 44.0 cm³/mol. The first-order chi connectivity index (χ1) is 6.92. The van der Waals surface area contributed by atoms with E-state index in [1.807, 2.05) is 0 Å². The van der Waals surface area contributed by atoms with E-state index in [2.05, 4.69) is 9.72 Å². The second-order valence-electron chi connectivity index (χ2n) is 2.84. The first-order valence-electron chi connectivity index (χ1n) is 4.06. The summed E-state index contributed by atoms with van der Waals surface area (Å²) in [5.41, 5.74) is 0. The van der Waals surface area contributed by atoms with Gasteiger partial charge in [0.1, 0.15) is 18.8 Å². The van der Waals surface area contributed by atoms with Gasteiger partial charge in [-0.2, -0.15) is 13.2 Å². The lowest BCUT2D eigenvalue weighted by molar-refractivity contribution is -0.142. The van der Waals surface area contributed by atoms with Gasteiger partial charge in [-0.1, -0.05) is 0 Å². The summed E-state index contributed by atoms with van der Waals surface area (Å²) in [6.45, 7) is -0.262. The van der Waals surface area contributed by atoms with Crippen molar-refractivity contribution in [2.24, 2.45) is 0 Å². The molecule has 0 bridgehead atoms. The number of alkyl halides is 3. The lowest BCUT2D eigenvalue weighted by Gasteiger charge is -2.08. The molecule has 1 heterocycles. The average molecular weight is 222 g/mol. The molecule has 7 heteroatoms. The third-order valence-corrected chi connectivity index (χ3v) is 1.69. The van der Waals surface area contributed by atoms with Crippen molar-refractivity contribution in [2.75, 3.05) is 7.11 Å². The fraction of sp³-hybridized carbons (Fsp3) is 0.500. The molecule has 0 saturated heterocycles. The van der Waals surface area contributed by atoms with Crippen molar-refractivity contribution in [2.45, 2.75) is 19.1 Å². The molecule has 0 aliphatic heterocycles. The van der Waals surface area contributed by atoms with Crippen LogP contribution in [0.25, 0.3) is 0 Å². The Morgan fingerprint density at radius 3 is 2.80 bits per heavy atom. The summed E-state index contributed by atoms with van der Waals surface area (Å²) >= 11 is 0. The van der Waals surface area contributed by atoms with E-state index in [9.17, 15) is 18.0 Å². The second-order valence-corrected chi connectivity index (χ2v) is 2.84. The van der Waals surface area contributed by atoms with Gasteiger partial charge in [0.15, 0.2) is 0 Å². The Hall–Kier alpha value is -1.53. The topological polar surface area (TPSA) is 44.1 Å². The fourth-order valence-corrected chi connectivity index (χ4v) is 1.03. The molecule has 0 aliphatic carbocycles. The molecule has 0 spiro atoms. The van der Waals surface area contributed by atoms with Gasteiger partial charge in [-0.15, -0.1) is 0 Å². The maximum atomic E-state index is 12.0. The van der Waals surface area contributed by atoms with Crippen molar-refractivity contribution in [1.82, 2.24) is 9.55 Å². The number of carbonyl (C=O) groups is 1. The summed E-state index contributed by atoms with van der Waals surface area (Å²) in [4.78, 5) is 14.4. The molecular formula is C8H9F3N2O2. The molecule has 0 atom stereocenters. The summed E-state index contributed by atoms with van der Waals surface area (Å²) in [7, 11) is 1.17. The van der Waals surface area contributed by atoms with Crippen LogP contribution < -0.4 is 0 Å².